The molecule has 1 fully saturated rings. The molecule has 29 heavy (non-hydrogen) atoms. The van der Waals surface area contributed by atoms with Crippen LogP contribution >= 0.6 is 11.8 Å². The highest BCUT2D eigenvalue weighted by Gasteiger charge is 2.37. The Morgan fingerprint density at radius 3 is 2.59 bits per heavy atom. The minimum absolute atomic E-state index is 0.0345. The van der Waals surface area contributed by atoms with Gasteiger partial charge in [0.15, 0.2) is 5.17 Å². The first-order chi connectivity index (χ1) is 13.7. The maximum absolute atomic E-state index is 12.7. The molecule has 6 nitrogen and oxygen atoms in total. The Morgan fingerprint density at radius 2 is 1.97 bits per heavy atom. The lowest BCUT2D eigenvalue weighted by atomic mass is 9.93. The standard InChI is InChI=1S/C22H29N3O3S/c1-6-28-19(26)17-14(2)23-21-25(12-7-13-29-21)18(17)15-8-10-16(11-9-15)24-20(27)22(3,4)5/h8-11,18H,6-7,12-13H2,1-5H3,(H,24,27)/t18-/m0/s1. The number of esters is 1. The molecule has 1 aromatic carbocycles. The Kier molecular flexibility index (Phi) is 6.36. The molecule has 2 aliphatic rings. The number of hydrogen-bond acceptors (Lipinski definition) is 6. The van der Waals surface area contributed by atoms with Crippen LogP contribution in [0.25, 0.3) is 0 Å². The van der Waals surface area contributed by atoms with Crippen molar-refractivity contribution in [2.24, 2.45) is 10.4 Å². The van der Waals surface area contributed by atoms with Gasteiger partial charge in [-0.05, 0) is 38.0 Å². The van der Waals surface area contributed by atoms with Crippen molar-refractivity contribution in [2.45, 2.75) is 47.1 Å². The number of allylic oxidation sites excluding steroid dienone is 1. The van der Waals surface area contributed by atoms with Crippen LogP contribution in [0.1, 0.15) is 52.6 Å². The number of thioether (sulfide) groups is 1. The van der Waals surface area contributed by atoms with Crippen LogP contribution in [0.2, 0.25) is 0 Å². The number of amides is 1. The molecule has 3 rings (SSSR count). The van der Waals surface area contributed by atoms with Crippen LogP contribution in [0.15, 0.2) is 40.5 Å². The topological polar surface area (TPSA) is 71.0 Å². The van der Waals surface area contributed by atoms with E-state index in [1.807, 2.05) is 58.9 Å². The molecule has 0 saturated carbocycles. The van der Waals surface area contributed by atoms with Crippen LogP contribution in [-0.4, -0.2) is 40.8 Å². The third-order valence-electron chi connectivity index (χ3n) is 4.92. The summed E-state index contributed by atoms with van der Waals surface area (Å²) in [5.41, 5.74) is 2.56. The lowest BCUT2D eigenvalue weighted by Gasteiger charge is -2.40. The molecule has 1 atom stereocenters. The molecule has 0 aromatic heterocycles. The minimum Gasteiger partial charge on any atom is -0.463 e. The second-order valence-electron chi connectivity index (χ2n) is 8.24. The number of benzene rings is 1. The largest absolute Gasteiger partial charge is 0.463 e. The minimum atomic E-state index is -0.463. The van der Waals surface area contributed by atoms with Crippen LogP contribution < -0.4 is 5.32 Å². The maximum Gasteiger partial charge on any atom is 0.338 e. The maximum atomic E-state index is 12.7. The van der Waals surface area contributed by atoms with Crippen LogP contribution in [0.4, 0.5) is 5.69 Å². The predicted octanol–water partition coefficient (Wildman–Crippen LogP) is 4.36. The number of ether oxygens (including phenoxy) is 1. The van der Waals surface area contributed by atoms with Crippen molar-refractivity contribution in [3.8, 4) is 0 Å². The number of aliphatic imine (C=N–C) groups is 1. The van der Waals surface area contributed by atoms with Gasteiger partial charge in [-0.2, -0.15) is 0 Å². The van der Waals surface area contributed by atoms with Gasteiger partial charge in [0.05, 0.1) is 23.9 Å². The van der Waals surface area contributed by atoms with Gasteiger partial charge in [0, 0.05) is 23.4 Å². The van der Waals surface area contributed by atoms with E-state index in [4.69, 9.17) is 4.74 Å². The average Bonchev–Trinajstić information content (AvgIpc) is 2.67. The normalized spacial score (nSPS) is 19.4. The second-order valence-corrected chi connectivity index (χ2v) is 9.30. The van der Waals surface area contributed by atoms with Gasteiger partial charge in [-0.3, -0.25) is 4.79 Å². The number of carbonyl (C=O) groups excluding carboxylic acids is 2. The van der Waals surface area contributed by atoms with Crippen molar-refractivity contribution >= 4 is 34.5 Å². The van der Waals surface area contributed by atoms with Crippen molar-refractivity contribution in [2.75, 3.05) is 24.2 Å². The molecule has 2 aliphatic heterocycles. The molecule has 0 aliphatic carbocycles. The van der Waals surface area contributed by atoms with Crippen LogP contribution in [-0.2, 0) is 14.3 Å². The van der Waals surface area contributed by atoms with Gasteiger partial charge in [-0.15, -0.1) is 0 Å². The quantitative estimate of drug-likeness (QED) is 0.740. The van der Waals surface area contributed by atoms with Crippen LogP contribution in [0, 0.1) is 5.41 Å². The number of fused-ring (bicyclic) bond motifs is 1. The monoisotopic (exact) mass is 415 g/mol. The van der Waals surface area contributed by atoms with E-state index in [1.54, 1.807) is 11.8 Å². The highest BCUT2D eigenvalue weighted by molar-refractivity contribution is 8.13. The SMILES string of the molecule is CCOC(=O)C1=C(C)N=C2SCCCN2[C@H]1c1ccc(NC(=O)C(C)(C)C)cc1. The van der Waals surface area contributed by atoms with Crippen molar-refractivity contribution in [1.29, 1.82) is 0 Å². The second kappa shape index (κ2) is 8.61. The van der Waals surface area contributed by atoms with E-state index in [9.17, 15) is 9.59 Å². The molecule has 1 amide bonds. The number of nitrogens with zero attached hydrogens (tertiary/aromatic N) is 2. The lowest BCUT2D eigenvalue weighted by Crippen LogP contribution is -2.42. The summed E-state index contributed by atoms with van der Waals surface area (Å²) in [7, 11) is 0. The smallest absolute Gasteiger partial charge is 0.338 e. The molecular formula is C22H29N3O3S. The lowest BCUT2D eigenvalue weighted by molar-refractivity contribution is -0.139. The number of amidine groups is 1. The van der Waals surface area contributed by atoms with Gasteiger partial charge in [-0.1, -0.05) is 44.7 Å². The van der Waals surface area contributed by atoms with E-state index in [2.05, 4.69) is 15.2 Å². The summed E-state index contributed by atoms with van der Waals surface area (Å²) < 4.78 is 5.34. The fraction of sp³-hybridized carbons (Fsp3) is 0.500. The number of nitrogens with one attached hydrogen (secondary N) is 1. The zero-order valence-electron chi connectivity index (χ0n) is 17.7. The van der Waals surface area contributed by atoms with E-state index < -0.39 is 5.41 Å². The number of hydrogen-bond donors (Lipinski definition) is 1. The summed E-state index contributed by atoms with van der Waals surface area (Å²) in [6.07, 6.45) is 1.04. The fourth-order valence-electron chi connectivity index (χ4n) is 3.35. The van der Waals surface area contributed by atoms with Gasteiger partial charge >= 0.3 is 5.97 Å². The van der Waals surface area contributed by atoms with Crippen LogP contribution in [0.5, 0.6) is 0 Å². The molecule has 1 N–H and O–H groups in total. The number of rotatable bonds is 4. The molecule has 0 spiro atoms. The Morgan fingerprint density at radius 1 is 1.28 bits per heavy atom. The zero-order chi connectivity index (χ0) is 21.2. The predicted molar refractivity (Wildman–Crippen MR) is 118 cm³/mol. The van der Waals surface area contributed by atoms with Gasteiger partial charge < -0.3 is 15.0 Å². The Balaban J connectivity index is 1.94. The summed E-state index contributed by atoms with van der Waals surface area (Å²) in [5.74, 6) is 0.674. The molecule has 1 aromatic rings. The van der Waals surface area contributed by atoms with E-state index in [0.717, 1.165) is 35.1 Å². The molecular weight excluding hydrogens is 386 g/mol. The van der Waals surface area contributed by atoms with Crippen molar-refractivity contribution in [3.63, 3.8) is 0 Å². The Bertz CT molecular complexity index is 853. The summed E-state index contributed by atoms with van der Waals surface area (Å²) in [6.45, 7) is 10.5. The Hall–Kier alpha value is -2.28. The Labute approximate surface area is 176 Å². The molecule has 0 radical (unpaired) electrons. The van der Waals surface area contributed by atoms with Gasteiger partial charge in [0.2, 0.25) is 5.91 Å². The first-order valence-corrected chi connectivity index (χ1v) is 11.0. The highest BCUT2D eigenvalue weighted by Crippen LogP contribution is 2.40. The first-order valence-electron chi connectivity index (χ1n) is 9.99. The molecule has 7 heteroatoms. The molecule has 0 bridgehead atoms. The van der Waals surface area contributed by atoms with E-state index >= 15 is 0 Å². The fourth-order valence-corrected chi connectivity index (χ4v) is 4.37. The first kappa shape index (κ1) is 21.4. The van der Waals surface area contributed by atoms with Crippen molar-refractivity contribution in [3.05, 3.63) is 41.1 Å². The number of carbonyl (C=O) groups is 2. The van der Waals surface area contributed by atoms with Crippen LogP contribution in [0.3, 0.4) is 0 Å². The molecule has 0 unspecified atom stereocenters. The third kappa shape index (κ3) is 4.66. The third-order valence-corrected chi connectivity index (χ3v) is 6.00. The summed E-state index contributed by atoms with van der Waals surface area (Å²) in [4.78, 5) is 31.9. The summed E-state index contributed by atoms with van der Waals surface area (Å²) in [5, 5.41) is 3.90. The molecule has 1 saturated heterocycles. The van der Waals surface area contributed by atoms with Crippen molar-refractivity contribution < 1.29 is 14.3 Å². The summed E-state index contributed by atoms with van der Waals surface area (Å²) >= 11 is 1.72. The zero-order valence-corrected chi connectivity index (χ0v) is 18.6. The van der Waals surface area contributed by atoms with E-state index in [1.165, 1.54) is 0 Å². The van der Waals surface area contributed by atoms with Gasteiger partial charge in [0.25, 0.3) is 0 Å². The summed E-state index contributed by atoms with van der Waals surface area (Å²) in [6, 6.07) is 7.48. The van der Waals surface area contributed by atoms with E-state index in [-0.39, 0.29) is 17.9 Å². The van der Waals surface area contributed by atoms with E-state index in [0.29, 0.717) is 17.9 Å². The highest BCUT2D eigenvalue weighted by atomic mass is 32.2. The average molecular weight is 416 g/mol. The molecule has 2 heterocycles. The molecule has 156 valence electrons. The van der Waals surface area contributed by atoms with Crippen molar-refractivity contribution in [1.82, 2.24) is 4.90 Å². The van der Waals surface area contributed by atoms with Gasteiger partial charge in [-0.25, -0.2) is 9.79 Å². The number of anilines is 1. The van der Waals surface area contributed by atoms with Gasteiger partial charge in [0.1, 0.15) is 0 Å².